The van der Waals surface area contributed by atoms with Gasteiger partial charge in [0.1, 0.15) is 17.1 Å². The molecule has 31 heavy (non-hydrogen) atoms. The van der Waals surface area contributed by atoms with Gasteiger partial charge in [0.05, 0.1) is 13.2 Å². The Morgan fingerprint density at radius 3 is 2.81 bits per heavy atom. The van der Waals surface area contributed by atoms with Crippen LogP contribution in [0.15, 0.2) is 54.6 Å². The van der Waals surface area contributed by atoms with Crippen molar-refractivity contribution in [3.05, 3.63) is 70.7 Å². The van der Waals surface area contributed by atoms with Crippen LogP contribution in [0.4, 0.5) is 0 Å². The second-order valence-electron chi connectivity index (χ2n) is 8.61. The van der Waals surface area contributed by atoms with Crippen LogP contribution < -0.4 is 14.8 Å². The van der Waals surface area contributed by atoms with Gasteiger partial charge in [-0.1, -0.05) is 41.9 Å². The van der Waals surface area contributed by atoms with Gasteiger partial charge in [-0.05, 0) is 60.7 Å². The van der Waals surface area contributed by atoms with Gasteiger partial charge in [0, 0.05) is 29.0 Å². The summed E-state index contributed by atoms with van der Waals surface area (Å²) >= 11 is 6.25. The third kappa shape index (κ3) is 3.85. The van der Waals surface area contributed by atoms with E-state index in [1.54, 1.807) is 7.11 Å². The smallest absolute Gasteiger partial charge is 0.220 e. The highest BCUT2D eigenvalue weighted by Crippen LogP contribution is 2.49. The number of hydrogen-bond acceptors (Lipinski definition) is 3. The predicted molar refractivity (Wildman–Crippen MR) is 123 cm³/mol. The highest BCUT2D eigenvalue weighted by molar-refractivity contribution is 6.30. The summed E-state index contributed by atoms with van der Waals surface area (Å²) in [5.41, 5.74) is 1.90. The summed E-state index contributed by atoms with van der Waals surface area (Å²) in [7, 11) is 1.68. The van der Waals surface area contributed by atoms with E-state index in [0.717, 1.165) is 52.7 Å². The van der Waals surface area contributed by atoms with Crippen molar-refractivity contribution in [2.75, 3.05) is 7.11 Å². The lowest BCUT2D eigenvalue weighted by atomic mass is 9.73. The van der Waals surface area contributed by atoms with Gasteiger partial charge in [0.2, 0.25) is 5.91 Å². The van der Waals surface area contributed by atoms with Crippen LogP contribution in [-0.2, 0) is 11.2 Å². The molecule has 4 nitrogen and oxygen atoms in total. The molecule has 0 radical (unpaired) electrons. The van der Waals surface area contributed by atoms with E-state index in [1.807, 2.05) is 36.4 Å². The van der Waals surface area contributed by atoms with Crippen LogP contribution in [0.2, 0.25) is 5.02 Å². The lowest BCUT2D eigenvalue weighted by Crippen LogP contribution is -2.49. The number of aryl methyl sites for hydroxylation is 1. The third-order valence-corrected chi connectivity index (χ3v) is 6.90. The van der Waals surface area contributed by atoms with Gasteiger partial charge < -0.3 is 14.8 Å². The van der Waals surface area contributed by atoms with Crippen molar-refractivity contribution >= 4 is 28.3 Å². The Morgan fingerprint density at radius 2 is 2.03 bits per heavy atom. The number of carbonyl (C=O) groups excluding carboxylic acids is 1. The van der Waals surface area contributed by atoms with E-state index in [2.05, 4.69) is 23.5 Å². The quantitative estimate of drug-likeness (QED) is 0.534. The average molecular weight is 436 g/mol. The van der Waals surface area contributed by atoms with Crippen LogP contribution in [0.3, 0.4) is 0 Å². The zero-order valence-electron chi connectivity index (χ0n) is 17.6. The second kappa shape index (κ2) is 8.08. The van der Waals surface area contributed by atoms with E-state index in [-0.39, 0.29) is 17.6 Å². The van der Waals surface area contributed by atoms with E-state index < -0.39 is 0 Å². The lowest BCUT2D eigenvalue weighted by Gasteiger charge is -2.48. The Balaban J connectivity index is 1.35. The number of hydrogen-bond donors (Lipinski definition) is 1. The summed E-state index contributed by atoms with van der Waals surface area (Å²) < 4.78 is 11.9. The summed E-state index contributed by atoms with van der Waals surface area (Å²) in [5.74, 6) is 1.70. The molecular formula is C26H26ClNO3. The SMILES string of the molecule is COc1ccc2ccccc2c1CCC(=O)N[C@@H]1CC2(CCC2)Oc2ccc(Cl)cc21. The molecule has 1 aliphatic heterocycles. The number of nitrogens with one attached hydrogen (secondary N) is 1. The molecule has 0 bridgehead atoms. The molecule has 3 aromatic carbocycles. The first-order valence-corrected chi connectivity index (χ1v) is 11.3. The normalized spacial score (nSPS) is 18.7. The number of methoxy groups -OCH3 is 1. The molecule has 160 valence electrons. The summed E-state index contributed by atoms with van der Waals surface area (Å²) in [4.78, 5) is 13.0. The molecule has 1 atom stereocenters. The molecule has 0 saturated heterocycles. The van der Waals surface area contributed by atoms with Crippen molar-refractivity contribution in [3.8, 4) is 11.5 Å². The average Bonchev–Trinajstić information content (AvgIpc) is 2.76. The van der Waals surface area contributed by atoms with E-state index in [1.165, 1.54) is 6.42 Å². The first kappa shape index (κ1) is 20.2. The van der Waals surface area contributed by atoms with Crippen molar-refractivity contribution in [2.45, 2.75) is 50.2 Å². The molecule has 1 aliphatic carbocycles. The second-order valence-corrected chi connectivity index (χ2v) is 9.05. The molecular weight excluding hydrogens is 410 g/mol. The minimum absolute atomic E-state index is 0.0299. The molecule has 0 aromatic heterocycles. The molecule has 1 saturated carbocycles. The van der Waals surface area contributed by atoms with Gasteiger partial charge in [0.25, 0.3) is 0 Å². The van der Waals surface area contributed by atoms with Crippen molar-refractivity contribution in [1.29, 1.82) is 0 Å². The van der Waals surface area contributed by atoms with Crippen LogP contribution in [0.1, 0.15) is 49.3 Å². The minimum atomic E-state index is -0.141. The van der Waals surface area contributed by atoms with Crippen LogP contribution in [-0.4, -0.2) is 18.6 Å². The molecule has 0 unspecified atom stereocenters. The van der Waals surface area contributed by atoms with Gasteiger partial charge in [-0.3, -0.25) is 4.79 Å². The lowest BCUT2D eigenvalue weighted by molar-refractivity contribution is -0.123. The first-order chi connectivity index (χ1) is 15.1. The molecule has 3 aromatic rings. The van der Waals surface area contributed by atoms with Crippen molar-refractivity contribution in [2.24, 2.45) is 0 Å². The molecule has 1 heterocycles. The topological polar surface area (TPSA) is 47.6 Å². The van der Waals surface area contributed by atoms with E-state index >= 15 is 0 Å². The Kier molecular flexibility index (Phi) is 5.27. The van der Waals surface area contributed by atoms with Crippen molar-refractivity contribution in [3.63, 3.8) is 0 Å². The summed E-state index contributed by atoms with van der Waals surface area (Å²) in [6, 6.07) is 17.9. The van der Waals surface area contributed by atoms with Gasteiger partial charge >= 0.3 is 0 Å². The Hall–Kier alpha value is -2.72. The maximum absolute atomic E-state index is 13.0. The Bertz CT molecular complexity index is 1140. The van der Waals surface area contributed by atoms with Gasteiger partial charge in [-0.15, -0.1) is 0 Å². The molecule has 2 aliphatic rings. The Labute approximate surface area is 187 Å². The number of halogens is 1. The molecule has 5 rings (SSSR count). The fourth-order valence-electron chi connectivity index (χ4n) is 4.92. The number of benzene rings is 3. The largest absolute Gasteiger partial charge is 0.496 e. The molecule has 1 spiro atoms. The number of carbonyl (C=O) groups is 1. The van der Waals surface area contributed by atoms with E-state index in [0.29, 0.717) is 17.9 Å². The highest BCUT2D eigenvalue weighted by Gasteiger charge is 2.45. The molecule has 5 heteroatoms. The van der Waals surface area contributed by atoms with Crippen LogP contribution >= 0.6 is 11.6 Å². The van der Waals surface area contributed by atoms with Gasteiger partial charge in [0.15, 0.2) is 0 Å². The van der Waals surface area contributed by atoms with Gasteiger partial charge in [-0.25, -0.2) is 0 Å². The van der Waals surface area contributed by atoms with Crippen molar-refractivity contribution < 1.29 is 14.3 Å². The van der Waals surface area contributed by atoms with Crippen LogP contribution in [0.5, 0.6) is 11.5 Å². The third-order valence-electron chi connectivity index (χ3n) is 6.67. The zero-order valence-corrected chi connectivity index (χ0v) is 18.4. The monoisotopic (exact) mass is 435 g/mol. The molecule has 1 fully saturated rings. The minimum Gasteiger partial charge on any atom is -0.496 e. The predicted octanol–water partition coefficient (Wildman–Crippen LogP) is 6.00. The molecule has 1 amide bonds. The number of ether oxygens (including phenoxy) is 2. The summed E-state index contributed by atoms with van der Waals surface area (Å²) in [6.07, 6.45) is 5.05. The van der Waals surface area contributed by atoms with E-state index in [9.17, 15) is 4.79 Å². The van der Waals surface area contributed by atoms with E-state index in [4.69, 9.17) is 21.1 Å². The maximum atomic E-state index is 13.0. The fraction of sp³-hybridized carbons (Fsp3) is 0.346. The standard InChI is InChI=1S/C26H26ClNO3/c1-30-23-10-7-17-5-2-3-6-19(17)20(23)9-12-25(29)28-22-16-26(13-4-14-26)31-24-11-8-18(27)15-21(22)24/h2-3,5-8,10-11,15,22H,4,9,12-14,16H2,1H3,(H,28,29)/t22-/m1/s1. The summed E-state index contributed by atoms with van der Waals surface area (Å²) in [5, 5.41) is 6.20. The number of amides is 1. The number of rotatable bonds is 5. The Morgan fingerprint density at radius 1 is 1.19 bits per heavy atom. The van der Waals surface area contributed by atoms with Crippen LogP contribution in [0.25, 0.3) is 10.8 Å². The number of fused-ring (bicyclic) bond motifs is 2. The fourth-order valence-corrected chi connectivity index (χ4v) is 5.10. The first-order valence-electron chi connectivity index (χ1n) is 10.9. The van der Waals surface area contributed by atoms with Crippen molar-refractivity contribution in [1.82, 2.24) is 5.32 Å². The van der Waals surface area contributed by atoms with Gasteiger partial charge in [-0.2, -0.15) is 0 Å². The summed E-state index contributed by atoms with van der Waals surface area (Å²) in [6.45, 7) is 0. The van der Waals surface area contributed by atoms with Crippen LogP contribution in [0, 0.1) is 0 Å². The highest BCUT2D eigenvalue weighted by atomic mass is 35.5. The molecule has 1 N–H and O–H groups in total. The maximum Gasteiger partial charge on any atom is 0.220 e. The zero-order chi connectivity index (χ0) is 21.4.